The molecule has 1 heterocycles. The Bertz CT molecular complexity index is 663. The highest BCUT2D eigenvalue weighted by molar-refractivity contribution is 7.89. The molecule has 2 N–H and O–H groups in total. The Kier molecular flexibility index (Phi) is 6.98. The highest BCUT2D eigenvalue weighted by Gasteiger charge is 2.21. The van der Waals surface area contributed by atoms with Crippen molar-refractivity contribution in [3.8, 4) is 0 Å². The van der Waals surface area contributed by atoms with Crippen LogP contribution in [0.4, 0.5) is 0 Å². The first-order valence-electron chi connectivity index (χ1n) is 8.86. The monoisotopic (exact) mass is 367 g/mol. The predicted molar refractivity (Wildman–Crippen MR) is 99.0 cm³/mol. The Hall–Kier alpha value is -1.44. The highest BCUT2D eigenvalue weighted by atomic mass is 32.2. The molecule has 1 amide bonds. The molecule has 0 saturated carbocycles. The second-order valence-electron chi connectivity index (χ2n) is 7.05. The molecule has 1 aliphatic rings. The molecule has 140 valence electrons. The van der Waals surface area contributed by atoms with Gasteiger partial charge in [0.2, 0.25) is 10.0 Å². The number of piperidine rings is 1. The first-order chi connectivity index (χ1) is 11.8. The van der Waals surface area contributed by atoms with Crippen LogP contribution >= 0.6 is 0 Å². The molecule has 2 atom stereocenters. The Balaban J connectivity index is 1.77. The average molecular weight is 368 g/mol. The Morgan fingerprint density at radius 2 is 1.76 bits per heavy atom. The number of carbonyl (C=O) groups excluding carboxylic acids is 1. The highest BCUT2D eigenvalue weighted by Crippen LogP contribution is 2.20. The summed E-state index contributed by atoms with van der Waals surface area (Å²) in [5.41, 5.74) is 0.468. The Morgan fingerprint density at radius 3 is 2.32 bits per heavy atom. The number of carbonyl (C=O) groups is 1. The summed E-state index contributed by atoms with van der Waals surface area (Å²) in [6, 6.07) is 5.95. The van der Waals surface area contributed by atoms with Crippen molar-refractivity contribution in [1.82, 2.24) is 14.9 Å². The van der Waals surface area contributed by atoms with Crippen molar-refractivity contribution in [3.63, 3.8) is 0 Å². The summed E-state index contributed by atoms with van der Waals surface area (Å²) in [6.07, 6.45) is 2.21. The van der Waals surface area contributed by atoms with Gasteiger partial charge < -0.3 is 10.2 Å². The summed E-state index contributed by atoms with van der Waals surface area (Å²) in [6.45, 7) is 8.48. The summed E-state index contributed by atoms with van der Waals surface area (Å²) in [7, 11) is -2.11. The third-order valence-corrected chi connectivity index (χ3v) is 6.01. The Labute approximate surface area is 151 Å². The molecule has 1 aliphatic heterocycles. The van der Waals surface area contributed by atoms with Crippen LogP contribution in [0.3, 0.4) is 0 Å². The van der Waals surface area contributed by atoms with Crippen LogP contribution in [0.1, 0.15) is 37.0 Å². The topological polar surface area (TPSA) is 78.5 Å². The summed E-state index contributed by atoms with van der Waals surface area (Å²) in [5.74, 6) is 1.31. The second-order valence-corrected chi connectivity index (χ2v) is 8.93. The molecule has 0 spiro atoms. The number of nitrogens with zero attached hydrogens (tertiary/aromatic N) is 1. The lowest BCUT2D eigenvalue weighted by molar-refractivity contribution is 0.0947. The van der Waals surface area contributed by atoms with Gasteiger partial charge in [0.1, 0.15) is 0 Å². The summed E-state index contributed by atoms with van der Waals surface area (Å²) < 4.78 is 25.6. The van der Waals surface area contributed by atoms with E-state index in [9.17, 15) is 13.2 Å². The average Bonchev–Trinajstić information content (AvgIpc) is 2.58. The SMILES string of the molecule is CNS(=O)(=O)c1ccc(C(=O)NCCCN2C[C@H](C)C[C@@H](C)C2)cc1. The molecule has 0 bridgehead atoms. The molecule has 7 heteroatoms. The van der Waals surface area contributed by atoms with Gasteiger partial charge in [-0.2, -0.15) is 0 Å². The van der Waals surface area contributed by atoms with E-state index in [1.165, 1.54) is 37.7 Å². The number of hydrogen-bond donors (Lipinski definition) is 2. The first-order valence-corrected chi connectivity index (χ1v) is 10.3. The van der Waals surface area contributed by atoms with Gasteiger partial charge in [0.05, 0.1) is 4.90 Å². The zero-order valence-electron chi connectivity index (χ0n) is 15.3. The maximum atomic E-state index is 12.1. The Morgan fingerprint density at radius 1 is 1.16 bits per heavy atom. The zero-order valence-corrected chi connectivity index (χ0v) is 16.1. The lowest BCUT2D eigenvalue weighted by Gasteiger charge is -2.34. The molecule has 6 nitrogen and oxygen atoms in total. The molecule has 1 aromatic rings. The smallest absolute Gasteiger partial charge is 0.251 e. The fourth-order valence-electron chi connectivity index (χ4n) is 3.48. The van der Waals surface area contributed by atoms with Crippen molar-refractivity contribution in [1.29, 1.82) is 0 Å². The maximum absolute atomic E-state index is 12.1. The molecular formula is C18H29N3O3S. The first kappa shape index (κ1) is 19.9. The molecule has 25 heavy (non-hydrogen) atoms. The van der Waals surface area contributed by atoms with Crippen LogP contribution in [0.15, 0.2) is 29.2 Å². The van der Waals surface area contributed by atoms with Crippen LogP contribution in [0.5, 0.6) is 0 Å². The number of amides is 1. The number of sulfonamides is 1. The van der Waals surface area contributed by atoms with Gasteiger partial charge >= 0.3 is 0 Å². The van der Waals surface area contributed by atoms with Gasteiger partial charge in [-0.25, -0.2) is 13.1 Å². The van der Waals surface area contributed by atoms with E-state index in [4.69, 9.17) is 0 Å². The van der Waals surface area contributed by atoms with Crippen molar-refractivity contribution < 1.29 is 13.2 Å². The molecule has 0 aliphatic carbocycles. The zero-order chi connectivity index (χ0) is 18.4. The molecule has 0 aromatic heterocycles. The normalized spacial score (nSPS) is 21.9. The van der Waals surface area contributed by atoms with Crippen LogP contribution in [-0.2, 0) is 10.0 Å². The number of rotatable bonds is 7. The van der Waals surface area contributed by atoms with Gasteiger partial charge in [0, 0.05) is 25.2 Å². The number of likely N-dealkylation sites (tertiary alicyclic amines) is 1. The van der Waals surface area contributed by atoms with Gasteiger partial charge in [-0.1, -0.05) is 13.8 Å². The largest absolute Gasteiger partial charge is 0.352 e. The van der Waals surface area contributed by atoms with E-state index >= 15 is 0 Å². The molecule has 1 saturated heterocycles. The van der Waals surface area contributed by atoms with Crippen LogP contribution < -0.4 is 10.0 Å². The van der Waals surface area contributed by atoms with Crippen molar-refractivity contribution in [2.24, 2.45) is 11.8 Å². The van der Waals surface area contributed by atoms with E-state index in [2.05, 4.69) is 28.8 Å². The van der Waals surface area contributed by atoms with Crippen molar-refractivity contribution in [2.75, 3.05) is 33.2 Å². The van der Waals surface area contributed by atoms with Gasteiger partial charge in [-0.3, -0.25) is 4.79 Å². The van der Waals surface area contributed by atoms with Gasteiger partial charge in [0.15, 0.2) is 0 Å². The minimum absolute atomic E-state index is 0.153. The van der Waals surface area contributed by atoms with Gasteiger partial charge in [-0.15, -0.1) is 0 Å². The fourth-order valence-corrected chi connectivity index (χ4v) is 4.21. The van der Waals surface area contributed by atoms with E-state index < -0.39 is 10.0 Å². The lowest BCUT2D eigenvalue weighted by Crippen LogP contribution is -2.40. The molecular weight excluding hydrogens is 338 g/mol. The van der Waals surface area contributed by atoms with Crippen LogP contribution in [0.25, 0.3) is 0 Å². The molecule has 0 radical (unpaired) electrons. The number of hydrogen-bond acceptors (Lipinski definition) is 4. The third kappa shape index (κ3) is 5.80. The van der Waals surface area contributed by atoms with Crippen LogP contribution in [-0.4, -0.2) is 52.5 Å². The van der Waals surface area contributed by atoms with Gasteiger partial charge in [0.25, 0.3) is 5.91 Å². The lowest BCUT2D eigenvalue weighted by atomic mass is 9.92. The fraction of sp³-hybridized carbons (Fsp3) is 0.611. The van der Waals surface area contributed by atoms with Gasteiger partial charge in [-0.05, 0) is 62.5 Å². The van der Waals surface area contributed by atoms with Crippen molar-refractivity contribution >= 4 is 15.9 Å². The molecule has 1 fully saturated rings. The third-order valence-electron chi connectivity index (χ3n) is 4.58. The van der Waals surface area contributed by atoms with E-state index in [1.807, 2.05) is 0 Å². The van der Waals surface area contributed by atoms with Crippen molar-refractivity contribution in [2.45, 2.75) is 31.6 Å². The minimum atomic E-state index is -3.47. The second kappa shape index (κ2) is 8.78. The van der Waals surface area contributed by atoms with Crippen molar-refractivity contribution in [3.05, 3.63) is 29.8 Å². The van der Waals surface area contributed by atoms with E-state index in [0.29, 0.717) is 12.1 Å². The quantitative estimate of drug-likeness (QED) is 0.719. The van der Waals surface area contributed by atoms with Crippen LogP contribution in [0, 0.1) is 11.8 Å². The van der Waals surface area contributed by atoms with E-state index in [1.54, 1.807) is 0 Å². The number of nitrogens with one attached hydrogen (secondary N) is 2. The summed E-state index contributed by atoms with van der Waals surface area (Å²) >= 11 is 0. The summed E-state index contributed by atoms with van der Waals surface area (Å²) in [5, 5.41) is 2.90. The molecule has 1 aromatic carbocycles. The number of benzene rings is 1. The molecule has 0 unspecified atom stereocenters. The predicted octanol–water partition coefficient (Wildman–Crippen LogP) is 1.69. The van der Waals surface area contributed by atoms with E-state index in [0.717, 1.165) is 37.9 Å². The molecule has 2 rings (SSSR count). The van der Waals surface area contributed by atoms with Crippen LogP contribution in [0.2, 0.25) is 0 Å². The minimum Gasteiger partial charge on any atom is -0.352 e. The van der Waals surface area contributed by atoms with E-state index in [-0.39, 0.29) is 10.8 Å². The standard InChI is InChI=1S/C18H29N3O3S/c1-14-11-15(2)13-21(12-14)10-4-9-20-18(22)16-5-7-17(8-6-16)25(23,24)19-3/h5-8,14-15,19H,4,9-13H2,1-3H3,(H,20,22)/t14-,15-/m1/s1. The summed E-state index contributed by atoms with van der Waals surface area (Å²) in [4.78, 5) is 14.8. The maximum Gasteiger partial charge on any atom is 0.251 e.